The summed E-state index contributed by atoms with van der Waals surface area (Å²) >= 11 is 0. The van der Waals surface area contributed by atoms with E-state index in [1.165, 1.54) is 6.07 Å². The van der Waals surface area contributed by atoms with E-state index < -0.39 is 20.5 Å². The van der Waals surface area contributed by atoms with Crippen molar-refractivity contribution in [3.05, 3.63) is 54.6 Å². The van der Waals surface area contributed by atoms with Crippen molar-refractivity contribution in [1.29, 1.82) is 0 Å². The number of rotatable bonds is 5. The lowest BCUT2D eigenvalue weighted by atomic mass is 9.90. The van der Waals surface area contributed by atoms with Crippen LogP contribution in [-0.4, -0.2) is 36.4 Å². The number of piperidine rings is 1. The Morgan fingerprint density at radius 1 is 1.04 bits per heavy atom. The molecule has 0 saturated carbocycles. The molecule has 2 aliphatic rings. The molecule has 8 heteroatoms. The maximum Gasteiger partial charge on any atom is 0.265 e. The van der Waals surface area contributed by atoms with Crippen molar-refractivity contribution in [2.45, 2.75) is 47.4 Å². The fraction of sp³-hybridized carbons (Fsp3) is 0.350. The van der Waals surface area contributed by atoms with Gasteiger partial charge in [-0.2, -0.15) is 0 Å². The van der Waals surface area contributed by atoms with Crippen molar-refractivity contribution < 1.29 is 23.2 Å². The minimum Gasteiger partial charge on any atom is -0.456 e. The van der Waals surface area contributed by atoms with Crippen LogP contribution in [-0.2, 0) is 14.6 Å². The average molecular weight is 402 g/mol. The molecule has 28 heavy (non-hydrogen) atoms. The molecular weight excluding hydrogens is 380 g/mol. The Bertz CT molecular complexity index is 965. The Kier molecular flexibility index (Phi) is 4.86. The molecule has 2 fully saturated rings. The Morgan fingerprint density at radius 3 is 2.29 bits per heavy atom. The van der Waals surface area contributed by atoms with Crippen LogP contribution in [0.5, 0.6) is 11.5 Å². The van der Waals surface area contributed by atoms with Crippen LogP contribution in [0, 0.1) is 0 Å². The van der Waals surface area contributed by atoms with Gasteiger partial charge in [0.15, 0.2) is 14.6 Å². The second kappa shape index (κ2) is 7.20. The van der Waals surface area contributed by atoms with Crippen molar-refractivity contribution in [3.8, 4) is 11.5 Å². The first-order chi connectivity index (χ1) is 13.5. The second-order valence-corrected chi connectivity index (χ2v) is 9.57. The van der Waals surface area contributed by atoms with Crippen molar-refractivity contribution in [1.82, 2.24) is 10.8 Å². The van der Waals surface area contributed by atoms with Gasteiger partial charge in [-0.05, 0) is 49.9 Å². The van der Waals surface area contributed by atoms with Gasteiger partial charge in [0.1, 0.15) is 16.4 Å². The fourth-order valence-corrected chi connectivity index (χ4v) is 6.50. The fourth-order valence-electron chi connectivity index (χ4n) is 4.31. The normalized spacial score (nSPS) is 26.6. The molecule has 148 valence electrons. The van der Waals surface area contributed by atoms with E-state index in [9.17, 15) is 18.4 Å². The van der Waals surface area contributed by atoms with Crippen molar-refractivity contribution >= 4 is 15.7 Å². The van der Waals surface area contributed by atoms with E-state index in [4.69, 9.17) is 4.74 Å². The summed E-state index contributed by atoms with van der Waals surface area (Å²) in [5.41, 5.74) is 1.60. The summed E-state index contributed by atoms with van der Waals surface area (Å²) in [6.07, 6.45) is 1.83. The van der Waals surface area contributed by atoms with E-state index >= 15 is 0 Å². The highest BCUT2D eigenvalue weighted by Crippen LogP contribution is 2.44. The lowest BCUT2D eigenvalue weighted by Gasteiger charge is -2.38. The lowest BCUT2D eigenvalue weighted by Crippen LogP contribution is -2.60. The van der Waals surface area contributed by atoms with Gasteiger partial charge in [-0.15, -0.1) is 0 Å². The zero-order chi connectivity index (χ0) is 19.8. The third-order valence-electron chi connectivity index (χ3n) is 5.63. The molecule has 1 amide bonds. The third-order valence-corrected chi connectivity index (χ3v) is 8.09. The van der Waals surface area contributed by atoms with Crippen LogP contribution in [0.3, 0.4) is 0 Å². The lowest BCUT2D eigenvalue weighted by molar-refractivity contribution is -0.133. The summed E-state index contributed by atoms with van der Waals surface area (Å²) in [5, 5.41) is 12.7. The molecule has 2 atom stereocenters. The highest BCUT2D eigenvalue weighted by Gasteiger charge is 2.58. The van der Waals surface area contributed by atoms with Gasteiger partial charge in [0.2, 0.25) is 0 Å². The Balaban J connectivity index is 1.80. The van der Waals surface area contributed by atoms with Crippen LogP contribution in [0.25, 0.3) is 0 Å². The largest absolute Gasteiger partial charge is 0.456 e. The molecule has 2 aromatic rings. The zero-order valence-corrected chi connectivity index (χ0v) is 16.0. The third kappa shape index (κ3) is 3.07. The molecule has 2 saturated heterocycles. The Hall–Kier alpha value is -2.42. The highest BCUT2D eigenvalue weighted by molar-refractivity contribution is 7.93. The van der Waals surface area contributed by atoms with Gasteiger partial charge in [0.25, 0.3) is 5.91 Å². The maximum atomic E-state index is 13.8. The number of nitrogens with one attached hydrogen (secondary N) is 2. The first-order valence-corrected chi connectivity index (χ1v) is 10.7. The monoisotopic (exact) mass is 402 g/mol. The minimum atomic E-state index is -4.15. The average Bonchev–Trinajstić information content (AvgIpc) is 3.06. The van der Waals surface area contributed by atoms with E-state index in [1.54, 1.807) is 47.9 Å². The first kappa shape index (κ1) is 18.9. The van der Waals surface area contributed by atoms with Gasteiger partial charge >= 0.3 is 0 Å². The number of hydroxylamine groups is 1. The summed E-state index contributed by atoms with van der Waals surface area (Å²) < 4.78 is 31.6. The molecule has 3 N–H and O–H groups in total. The van der Waals surface area contributed by atoms with Gasteiger partial charge in [-0.3, -0.25) is 10.0 Å². The summed E-state index contributed by atoms with van der Waals surface area (Å²) in [4.78, 5) is 12.6. The zero-order valence-electron chi connectivity index (χ0n) is 15.2. The molecule has 2 aliphatic heterocycles. The molecule has 0 spiro atoms. The van der Waals surface area contributed by atoms with E-state index in [0.29, 0.717) is 5.75 Å². The smallest absolute Gasteiger partial charge is 0.265 e. The number of benzene rings is 2. The molecule has 2 heterocycles. The van der Waals surface area contributed by atoms with Gasteiger partial charge in [0, 0.05) is 12.1 Å². The van der Waals surface area contributed by atoms with Crippen molar-refractivity contribution in [2.24, 2.45) is 0 Å². The number of para-hydroxylation sites is 2. The highest BCUT2D eigenvalue weighted by atomic mass is 32.2. The van der Waals surface area contributed by atoms with Crippen LogP contribution < -0.4 is 15.5 Å². The quantitative estimate of drug-likeness (QED) is 0.524. The molecule has 2 unspecified atom stereocenters. The Morgan fingerprint density at radius 2 is 1.64 bits per heavy atom. The number of amides is 1. The molecular formula is C20H22N2O5S. The summed E-state index contributed by atoms with van der Waals surface area (Å²) in [5.74, 6) is -0.235. The number of ether oxygens (including phenoxy) is 1. The van der Waals surface area contributed by atoms with Gasteiger partial charge in [0.05, 0.1) is 0 Å². The number of hydrogen-bond donors (Lipinski definition) is 3. The van der Waals surface area contributed by atoms with Crippen LogP contribution >= 0.6 is 0 Å². The molecule has 0 radical (unpaired) electrons. The molecule has 7 nitrogen and oxygen atoms in total. The van der Waals surface area contributed by atoms with Gasteiger partial charge in [-0.1, -0.05) is 30.3 Å². The van der Waals surface area contributed by atoms with E-state index in [1.807, 2.05) is 6.07 Å². The Labute approximate surface area is 163 Å². The topological polar surface area (TPSA) is 105 Å². The van der Waals surface area contributed by atoms with E-state index in [0.717, 1.165) is 12.8 Å². The SMILES string of the molecule is O=C(NO)C1(S(=O)(=O)c2ccccc2Oc2ccccc2)CC2CCC(C1)N2. The number of hydrogen-bond acceptors (Lipinski definition) is 6. The van der Waals surface area contributed by atoms with E-state index in [2.05, 4.69) is 5.32 Å². The van der Waals surface area contributed by atoms with Crippen LogP contribution in [0.2, 0.25) is 0 Å². The predicted octanol–water partition coefficient (Wildman–Crippen LogP) is 2.41. The summed E-state index contributed by atoms with van der Waals surface area (Å²) in [6.45, 7) is 0. The molecule has 4 rings (SSSR count). The maximum absolute atomic E-state index is 13.8. The predicted molar refractivity (Wildman–Crippen MR) is 102 cm³/mol. The van der Waals surface area contributed by atoms with Crippen molar-refractivity contribution in [3.63, 3.8) is 0 Å². The van der Waals surface area contributed by atoms with Crippen LogP contribution in [0.4, 0.5) is 0 Å². The van der Waals surface area contributed by atoms with Crippen LogP contribution in [0.1, 0.15) is 25.7 Å². The number of sulfone groups is 1. The number of fused-ring (bicyclic) bond motifs is 2. The summed E-state index contributed by atoms with van der Waals surface area (Å²) in [6, 6.07) is 15.0. The van der Waals surface area contributed by atoms with Gasteiger partial charge < -0.3 is 10.1 Å². The van der Waals surface area contributed by atoms with Crippen molar-refractivity contribution in [2.75, 3.05) is 0 Å². The molecule has 2 aromatic carbocycles. The molecule has 0 aliphatic carbocycles. The summed E-state index contributed by atoms with van der Waals surface area (Å²) in [7, 11) is -4.15. The minimum absolute atomic E-state index is 0.0521. The number of carbonyl (C=O) groups excluding carboxylic acids is 1. The second-order valence-electron chi connectivity index (χ2n) is 7.35. The standard InChI is InChI=1S/C20H22N2O5S/c23-19(22-24)20(12-14-10-11-15(13-20)21-14)28(25,26)18-9-5-4-8-17(18)27-16-6-2-1-3-7-16/h1-9,14-15,21,24H,10-13H2,(H,22,23). The van der Waals surface area contributed by atoms with E-state index in [-0.39, 0.29) is 35.6 Å². The van der Waals surface area contributed by atoms with Gasteiger partial charge in [-0.25, -0.2) is 13.9 Å². The molecule has 2 bridgehead atoms. The molecule has 0 aromatic heterocycles. The first-order valence-electron chi connectivity index (χ1n) is 9.23. The van der Waals surface area contributed by atoms with Crippen LogP contribution in [0.15, 0.2) is 59.5 Å². The number of carbonyl (C=O) groups is 1.